The molecule has 8 nitrogen and oxygen atoms in total. The Balaban J connectivity index is 1.62. The van der Waals surface area contributed by atoms with Gasteiger partial charge in [0.1, 0.15) is 0 Å². The van der Waals surface area contributed by atoms with Crippen molar-refractivity contribution < 1.29 is 28.7 Å². The van der Waals surface area contributed by atoms with E-state index < -0.39 is 76.9 Å². The Labute approximate surface area is 364 Å². The zero-order valence-corrected chi connectivity index (χ0v) is 45.0. The van der Waals surface area contributed by atoms with Gasteiger partial charge in [0.2, 0.25) is 23.6 Å². The fourth-order valence-electron chi connectivity index (χ4n) is 13.3. The minimum atomic E-state index is -2.79. The van der Waals surface area contributed by atoms with Gasteiger partial charge in [0.25, 0.3) is 0 Å². The van der Waals surface area contributed by atoms with Gasteiger partial charge in [-0.3, -0.25) is 29.0 Å². The number of rotatable bonds is 4. The molecule has 4 bridgehead atoms. The molecule has 0 radical (unpaired) electrons. The number of amides is 4. The van der Waals surface area contributed by atoms with E-state index in [0.29, 0.717) is 0 Å². The number of ether oxygens (including phenoxy) is 2. The van der Waals surface area contributed by atoms with Gasteiger partial charge >= 0.3 is 0 Å². The van der Waals surface area contributed by atoms with Gasteiger partial charge in [0.15, 0.2) is 0 Å². The van der Waals surface area contributed by atoms with Gasteiger partial charge in [-0.1, -0.05) is 160 Å². The van der Waals surface area contributed by atoms with Gasteiger partial charge in [-0.15, -0.1) is 0 Å². The highest BCUT2D eigenvalue weighted by molar-refractivity contribution is 6.87. The fourth-order valence-corrected chi connectivity index (χ4v) is 27.4. The second kappa shape index (κ2) is 11.5. The molecule has 0 unspecified atom stereocenters. The number of benzene rings is 2. The van der Waals surface area contributed by atoms with Crippen LogP contribution >= 0.6 is 0 Å². The van der Waals surface area contributed by atoms with Crippen molar-refractivity contribution in [1.82, 2.24) is 9.80 Å². The van der Waals surface area contributed by atoms with Crippen molar-refractivity contribution in [3.8, 4) is 0 Å². The number of carbonyl (C=O) groups is 4. The highest BCUT2D eigenvalue weighted by Crippen LogP contribution is 2.79. The minimum Gasteiger partial charge on any atom is -0.365 e. The van der Waals surface area contributed by atoms with E-state index in [1.807, 2.05) is 0 Å². The lowest BCUT2D eigenvalue weighted by atomic mass is 9.71. The predicted octanol–water partition coefficient (Wildman–Crippen LogP) is 10.4. The number of hydrogen-bond donors (Lipinski definition) is 0. The Kier molecular flexibility index (Phi) is 8.52. The maximum atomic E-state index is 15.1. The first-order valence-corrected chi connectivity index (χ1v) is 34.5. The second-order valence-corrected chi connectivity index (χ2v) is 48.1. The number of likely N-dealkylation sites (tertiary alicyclic amines) is 2. The third-order valence-corrected chi connectivity index (χ3v) is 45.5. The quantitative estimate of drug-likeness (QED) is 0.224. The molecule has 4 amide bonds. The highest BCUT2D eigenvalue weighted by Gasteiger charge is 2.87. The normalized spacial score (nSPS) is 34.4. The summed E-state index contributed by atoms with van der Waals surface area (Å²) in [4.78, 5) is 62.6. The van der Waals surface area contributed by atoms with Gasteiger partial charge in [-0.2, -0.15) is 0 Å². The topological polar surface area (TPSA) is 93.2 Å². The van der Waals surface area contributed by atoms with E-state index in [2.05, 4.69) is 160 Å². The van der Waals surface area contributed by atoms with Crippen LogP contribution < -0.4 is 0 Å². The molecule has 8 rings (SSSR count). The predicted molar refractivity (Wildman–Crippen MR) is 251 cm³/mol. The molecular formula is C48H74N2O6Si4. The van der Waals surface area contributed by atoms with E-state index in [1.165, 1.54) is 9.80 Å². The van der Waals surface area contributed by atoms with Gasteiger partial charge in [-0.05, 0) is 53.2 Å². The lowest BCUT2D eigenvalue weighted by Crippen LogP contribution is -2.62. The molecule has 2 aromatic rings. The summed E-state index contributed by atoms with van der Waals surface area (Å²) in [5, 5.41) is -2.69. The summed E-state index contributed by atoms with van der Waals surface area (Å²) >= 11 is 0. The fraction of sp³-hybridized carbons (Fsp3) is 0.708. The van der Waals surface area contributed by atoms with Crippen molar-refractivity contribution in [2.24, 2.45) is 23.7 Å². The number of imide groups is 2. The van der Waals surface area contributed by atoms with Gasteiger partial charge in [0, 0.05) is 14.1 Å². The third-order valence-electron chi connectivity index (χ3n) is 20.4. The van der Waals surface area contributed by atoms with Crippen LogP contribution in [0.25, 0.3) is 10.8 Å². The van der Waals surface area contributed by atoms with Crippen LogP contribution in [0.3, 0.4) is 0 Å². The first-order valence-electron chi connectivity index (χ1n) is 22.5. The summed E-state index contributed by atoms with van der Waals surface area (Å²) in [6.45, 7) is 46.6. The Morgan fingerprint density at radius 1 is 0.417 bits per heavy atom. The van der Waals surface area contributed by atoms with Crippen molar-refractivity contribution in [2.75, 3.05) is 14.1 Å². The van der Waals surface area contributed by atoms with Crippen LogP contribution in [0.15, 0.2) is 24.3 Å². The number of hydrogen-bond acceptors (Lipinski definition) is 6. The van der Waals surface area contributed by atoms with Crippen LogP contribution in [-0.2, 0) is 49.5 Å². The monoisotopic (exact) mass is 886 g/mol. The molecule has 0 saturated carbocycles. The molecule has 60 heavy (non-hydrogen) atoms. The van der Waals surface area contributed by atoms with Crippen LogP contribution in [-0.4, -0.2) is 79.8 Å². The molecule has 12 heteroatoms. The summed E-state index contributed by atoms with van der Waals surface area (Å²) in [5.41, 5.74) is 4.35. The maximum Gasteiger partial charge on any atom is 0.235 e. The largest absolute Gasteiger partial charge is 0.365 e. The van der Waals surface area contributed by atoms with Crippen molar-refractivity contribution >= 4 is 66.7 Å². The van der Waals surface area contributed by atoms with E-state index in [4.69, 9.17) is 9.47 Å². The van der Waals surface area contributed by atoms with Gasteiger partial charge in [0.05, 0.1) is 76.9 Å². The number of nitrogens with zero attached hydrogens (tertiary/aromatic N) is 2. The standard InChI is InChI=1S/C48H74N2O6Si4/c1-41(2,3)57(15,16)45-29-25-23-28-27(31(29)47(55-45,59(19,20)43(7,8)9)35-33(45)37(51)49(13)39(35)53)24-26-30-32(28)48(60(21,22)44(10,11)12)36-34(38(52)50(14)40(36)54)46(30,56-48)58(17,18)42(4,5)6/h23-26,33-36H,1-22H3/t33-,34-,35+,36+,45+,46+,47-,48-/m1/s1. The van der Waals surface area contributed by atoms with Gasteiger partial charge < -0.3 is 9.47 Å². The molecule has 0 N–H and O–H groups in total. The molecule has 8 atom stereocenters. The van der Waals surface area contributed by atoms with Crippen molar-refractivity contribution in [3.63, 3.8) is 0 Å². The Hall–Kier alpha value is -2.23. The SMILES string of the molecule is CN1C(=O)[C@@H]2[C@H](C1=O)[C@]1([Si](C)(C)C(C)(C)C)O[C@@]2([Si](C)(C)C(C)(C)C)c2c1ccc1c3c(ccc21)[C@@]1([Si](C)(C)C(C)(C)C)O[C@]3([Si](C)(C)C(C)(C)C)[C@@H]2C(=O)N(C)C(=O)[C@@H]21. The van der Waals surface area contributed by atoms with Crippen molar-refractivity contribution in [1.29, 1.82) is 0 Å². The molecule has 0 spiro atoms. The van der Waals surface area contributed by atoms with E-state index in [9.17, 15) is 9.59 Å². The molecule has 2 aromatic carbocycles. The molecule has 4 saturated heterocycles. The Bertz CT molecular complexity index is 2200. The van der Waals surface area contributed by atoms with E-state index >= 15 is 9.59 Å². The molecule has 6 aliphatic rings. The van der Waals surface area contributed by atoms with Gasteiger partial charge in [-0.25, -0.2) is 0 Å². The first-order chi connectivity index (χ1) is 26.8. The Morgan fingerprint density at radius 2 is 0.633 bits per heavy atom. The van der Waals surface area contributed by atoms with Crippen LogP contribution in [0, 0.1) is 23.7 Å². The first kappa shape index (κ1) is 44.4. The highest BCUT2D eigenvalue weighted by atomic mass is 28.3. The smallest absolute Gasteiger partial charge is 0.235 e. The summed E-state index contributed by atoms with van der Waals surface area (Å²) in [6, 6.07) is 9.14. The summed E-state index contributed by atoms with van der Waals surface area (Å²) in [7, 11) is -7.60. The molecule has 0 aliphatic carbocycles. The molecule has 0 aromatic heterocycles. The third kappa shape index (κ3) is 4.19. The maximum absolute atomic E-state index is 15.1. The zero-order chi connectivity index (χ0) is 45.5. The summed E-state index contributed by atoms with van der Waals surface area (Å²) in [5.74, 6) is -3.00. The summed E-state index contributed by atoms with van der Waals surface area (Å²) < 4.78 is 16.3. The second-order valence-electron chi connectivity index (χ2n) is 26.1. The zero-order valence-electron chi connectivity index (χ0n) is 41.0. The Morgan fingerprint density at radius 3 is 0.867 bits per heavy atom. The molecule has 4 fully saturated rings. The average molecular weight is 887 g/mol. The van der Waals surface area contributed by atoms with Crippen LogP contribution in [0.1, 0.15) is 105 Å². The minimum absolute atomic E-state index is 0.117. The number of fused-ring (bicyclic) bond motifs is 19. The molecule has 6 aliphatic heterocycles. The molecular weight excluding hydrogens is 813 g/mol. The molecule has 6 heterocycles. The lowest BCUT2D eigenvalue weighted by molar-refractivity contribution is -0.146. The van der Waals surface area contributed by atoms with E-state index in [-0.39, 0.29) is 43.8 Å². The van der Waals surface area contributed by atoms with Crippen LogP contribution in [0.4, 0.5) is 0 Å². The summed E-state index contributed by atoms with van der Waals surface area (Å²) in [6.07, 6.45) is 0. The van der Waals surface area contributed by atoms with E-state index in [1.54, 1.807) is 14.1 Å². The van der Waals surface area contributed by atoms with Crippen molar-refractivity contribution in [3.05, 3.63) is 46.5 Å². The number of carbonyl (C=O) groups excluding carboxylic acids is 4. The van der Waals surface area contributed by atoms with E-state index in [0.717, 1.165) is 33.0 Å². The molecule has 328 valence electrons. The lowest BCUT2D eigenvalue weighted by Gasteiger charge is -2.52. The average Bonchev–Trinajstić information content (AvgIpc) is 3.89. The van der Waals surface area contributed by atoms with Crippen LogP contribution in [0.5, 0.6) is 0 Å². The van der Waals surface area contributed by atoms with Crippen molar-refractivity contribution in [2.45, 2.75) is 177 Å². The van der Waals surface area contributed by atoms with Crippen LogP contribution in [0.2, 0.25) is 72.5 Å².